The highest BCUT2D eigenvalue weighted by atomic mass is 16.3. The van der Waals surface area contributed by atoms with Crippen LogP contribution < -0.4 is 0 Å². The Bertz CT molecular complexity index is 3500. The van der Waals surface area contributed by atoms with Crippen molar-refractivity contribution in [3.8, 4) is 44.8 Å². The summed E-state index contributed by atoms with van der Waals surface area (Å²) in [7, 11) is 0. The lowest BCUT2D eigenvalue weighted by atomic mass is 10.0. The van der Waals surface area contributed by atoms with Crippen LogP contribution >= 0.6 is 0 Å². The van der Waals surface area contributed by atoms with E-state index in [-0.39, 0.29) is 0 Å². The molecule has 1 aliphatic carbocycles. The first kappa shape index (κ1) is 31.0. The molecular formula is C53H34N2O. The van der Waals surface area contributed by atoms with Crippen LogP contribution in [0.2, 0.25) is 0 Å². The summed E-state index contributed by atoms with van der Waals surface area (Å²) in [5.74, 6) is 0.783. The predicted molar refractivity (Wildman–Crippen MR) is 237 cm³/mol. The van der Waals surface area contributed by atoms with Crippen LogP contribution in [0.5, 0.6) is 0 Å². The topological polar surface area (TPSA) is 23.0 Å². The summed E-state index contributed by atoms with van der Waals surface area (Å²) in [6.45, 7) is 6.19. The van der Waals surface area contributed by atoms with Gasteiger partial charge in [0.1, 0.15) is 11.3 Å². The Balaban J connectivity index is 1.27. The monoisotopic (exact) mass is 714 g/mol. The quantitative estimate of drug-likeness (QED) is 0.174. The van der Waals surface area contributed by atoms with Gasteiger partial charge in [0.2, 0.25) is 0 Å². The summed E-state index contributed by atoms with van der Waals surface area (Å²) in [4.78, 5) is 0. The number of para-hydroxylation sites is 1. The van der Waals surface area contributed by atoms with Gasteiger partial charge in [-0.2, -0.15) is 0 Å². The second-order valence-corrected chi connectivity index (χ2v) is 14.8. The molecule has 3 aromatic heterocycles. The van der Waals surface area contributed by atoms with Crippen molar-refractivity contribution >= 4 is 77.5 Å². The van der Waals surface area contributed by atoms with Gasteiger partial charge in [0.15, 0.2) is 0 Å². The zero-order chi connectivity index (χ0) is 37.1. The van der Waals surface area contributed by atoms with Gasteiger partial charge in [0, 0.05) is 43.9 Å². The van der Waals surface area contributed by atoms with E-state index < -0.39 is 0 Å². The second-order valence-electron chi connectivity index (χ2n) is 14.8. The molecule has 0 saturated carbocycles. The van der Waals surface area contributed by atoms with Crippen LogP contribution in [0.15, 0.2) is 175 Å². The lowest BCUT2D eigenvalue weighted by molar-refractivity contribution is 0.603. The van der Waals surface area contributed by atoms with Crippen molar-refractivity contribution < 1.29 is 4.42 Å². The molecule has 0 aliphatic heterocycles. The van der Waals surface area contributed by atoms with E-state index in [2.05, 4.69) is 193 Å². The summed E-state index contributed by atoms with van der Waals surface area (Å²) in [5.41, 5.74) is 16.4. The van der Waals surface area contributed by atoms with Crippen LogP contribution in [-0.4, -0.2) is 9.13 Å². The van der Waals surface area contributed by atoms with Crippen LogP contribution in [0, 0.1) is 0 Å². The van der Waals surface area contributed by atoms with E-state index >= 15 is 0 Å². The third kappa shape index (κ3) is 4.12. The van der Waals surface area contributed by atoms with Crippen molar-refractivity contribution in [3.63, 3.8) is 0 Å². The van der Waals surface area contributed by atoms with Crippen molar-refractivity contribution in [3.05, 3.63) is 182 Å². The lowest BCUT2D eigenvalue weighted by Crippen LogP contribution is -1.96. The van der Waals surface area contributed by atoms with Gasteiger partial charge in [0.25, 0.3) is 0 Å². The molecule has 3 heterocycles. The molecular weight excluding hydrogens is 681 g/mol. The molecule has 0 spiro atoms. The fourth-order valence-corrected chi connectivity index (χ4v) is 9.69. The van der Waals surface area contributed by atoms with E-state index in [9.17, 15) is 0 Å². The molecule has 0 N–H and O–H groups in total. The Morgan fingerprint density at radius 3 is 2.09 bits per heavy atom. The third-order valence-electron chi connectivity index (χ3n) is 11.9. The maximum absolute atomic E-state index is 6.50. The number of fused-ring (bicyclic) bond motifs is 12. The van der Waals surface area contributed by atoms with Crippen LogP contribution in [0.3, 0.4) is 0 Å². The van der Waals surface area contributed by atoms with Crippen molar-refractivity contribution in [2.75, 3.05) is 0 Å². The van der Waals surface area contributed by atoms with Gasteiger partial charge in [0.05, 0.1) is 22.1 Å². The zero-order valence-corrected chi connectivity index (χ0v) is 30.8. The Morgan fingerprint density at radius 1 is 0.500 bits per heavy atom. The van der Waals surface area contributed by atoms with Crippen molar-refractivity contribution in [1.82, 2.24) is 9.13 Å². The first-order valence-corrected chi connectivity index (χ1v) is 19.3. The lowest BCUT2D eigenvalue weighted by Gasteiger charge is -2.13. The van der Waals surface area contributed by atoms with E-state index in [4.69, 9.17) is 4.42 Å². The van der Waals surface area contributed by atoms with E-state index in [0.29, 0.717) is 0 Å². The van der Waals surface area contributed by atoms with Crippen molar-refractivity contribution in [2.45, 2.75) is 6.92 Å². The molecule has 0 atom stereocenters. The second kappa shape index (κ2) is 11.6. The van der Waals surface area contributed by atoms with E-state index in [1.807, 2.05) is 6.08 Å². The molecule has 0 amide bonds. The standard InChI is InChI=1S/C53H34N2O/c1-3-14-41-47(4-2)56-48-28-27-45-50(52(41)48)42-25-26-46-51(40-22-10-11-24-44(40)54(46)35-19-12-17-33(29-35)32-15-6-5-7-16-32)53(42)55(45)36-30-34-18-13-23-39-37-20-8-9-21-38(37)43(31-36)49(34)39/h3-31H,2H2,1H3/b14-3-. The average Bonchev–Trinajstić information content (AvgIpc) is 3.98. The molecule has 11 aromatic rings. The van der Waals surface area contributed by atoms with E-state index in [1.54, 1.807) is 0 Å². The highest BCUT2D eigenvalue weighted by Crippen LogP contribution is 2.50. The van der Waals surface area contributed by atoms with Gasteiger partial charge < -0.3 is 13.6 Å². The summed E-state index contributed by atoms with van der Waals surface area (Å²) < 4.78 is 11.5. The van der Waals surface area contributed by atoms with Gasteiger partial charge in [-0.3, -0.25) is 0 Å². The number of rotatable bonds is 5. The molecule has 0 bridgehead atoms. The number of nitrogens with zero attached hydrogens (tertiary/aromatic N) is 2. The molecule has 3 nitrogen and oxygen atoms in total. The number of furan rings is 1. The number of benzene rings is 8. The van der Waals surface area contributed by atoms with Crippen LogP contribution in [-0.2, 0) is 0 Å². The molecule has 1 aliphatic rings. The molecule has 0 unspecified atom stereocenters. The van der Waals surface area contributed by atoms with Gasteiger partial charge in [-0.1, -0.05) is 128 Å². The fraction of sp³-hybridized carbons (Fsp3) is 0.0189. The van der Waals surface area contributed by atoms with Crippen LogP contribution in [0.1, 0.15) is 18.2 Å². The molecule has 12 rings (SSSR count). The Morgan fingerprint density at radius 2 is 1.23 bits per heavy atom. The predicted octanol–water partition coefficient (Wildman–Crippen LogP) is 14.8. The molecule has 56 heavy (non-hydrogen) atoms. The van der Waals surface area contributed by atoms with Gasteiger partial charge in [-0.05, 0) is 106 Å². The molecule has 0 saturated heterocycles. The Labute approximate surface area is 323 Å². The van der Waals surface area contributed by atoms with Crippen LogP contribution in [0.25, 0.3) is 122 Å². The van der Waals surface area contributed by atoms with Gasteiger partial charge in [-0.25, -0.2) is 0 Å². The van der Waals surface area contributed by atoms with E-state index in [0.717, 1.165) is 44.7 Å². The molecule has 8 aromatic carbocycles. The summed E-state index contributed by atoms with van der Waals surface area (Å²) in [5, 5.41) is 8.46. The largest absolute Gasteiger partial charge is 0.456 e. The minimum Gasteiger partial charge on any atom is -0.456 e. The normalized spacial score (nSPS) is 12.4. The summed E-state index contributed by atoms with van der Waals surface area (Å²) in [6.07, 6.45) is 6.07. The fourth-order valence-electron chi connectivity index (χ4n) is 9.69. The average molecular weight is 715 g/mol. The number of hydrogen-bond donors (Lipinski definition) is 0. The SMILES string of the molecule is C=Cc1oc2ccc3c(c4ccc5c(c6ccccc6n5-c5cccc(-c6ccccc6)c5)c4n3-c3cc4c5c(cccc5c3)-c3ccccc3-4)c2c1/C=C\C. The number of aromatic nitrogens is 2. The van der Waals surface area contributed by atoms with Gasteiger partial charge in [-0.15, -0.1) is 0 Å². The highest BCUT2D eigenvalue weighted by Gasteiger charge is 2.27. The van der Waals surface area contributed by atoms with Crippen LogP contribution in [0.4, 0.5) is 0 Å². The molecule has 3 heteroatoms. The smallest absolute Gasteiger partial charge is 0.136 e. The van der Waals surface area contributed by atoms with Crippen molar-refractivity contribution in [1.29, 1.82) is 0 Å². The minimum atomic E-state index is 0.783. The maximum Gasteiger partial charge on any atom is 0.136 e. The third-order valence-corrected chi connectivity index (χ3v) is 11.9. The Kier molecular flexibility index (Phi) is 6.41. The minimum absolute atomic E-state index is 0.783. The maximum atomic E-state index is 6.50. The molecule has 0 radical (unpaired) electrons. The van der Waals surface area contributed by atoms with Crippen molar-refractivity contribution in [2.24, 2.45) is 0 Å². The number of allylic oxidation sites excluding steroid dienone is 1. The zero-order valence-electron chi connectivity index (χ0n) is 30.8. The molecule has 0 fully saturated rings. The summed E-state index contributed by atoms with van der Waals surface area (Å²) >= 11 is 0. The van der Waals surface area contributed by atoms with Gasteiger partial charge >= 0.3 is 0 Å². The molecule has 262 valence electrons. The first-order valence-electron chi connectivity index (χ1n) is 19.3. The highest BCUT2D eigenvalue weighted by molar-refractivity contribution is 6.31. The van der Waals surface area contributed by atoms with E-state index in [1.165, 1.54) is 76.7 Å². The summed E-state index contributed by atoms with van der Waals surface area (Å²) in [6, 6.07) is 57.8. The number of hydrogen-bond acceptors (Lipinski definition) is 1. The first-order chi connectivity index (χ1) is 27.7. The Hall–Kier alpha value is -7.36.